The lowest BCUT2D eigenvalue weighted by Gasteiger charge is -2.01. The first kappa shape index (κ1) is 6.28. The highest BCUT2D eigenvalue weighted by Crippen LogP contribution is 2.18. The van der Waals surface area contributed by atoms with E-state index in [0.717, 1.165) is 11.3 Å². The van der Waals surface area contributed by atoms with Crippen molar-refractivity contribution in [2.24, 2.45) is 0 Å². The number of hydrogen-bond donors (Lipinski definition) is 0. The van der Waals surface area contributed by atoms with Crippen LogP contribution in [0, 0.1) is 0 Å². The van der Waals surface area contributed by atoms with Gasteiger partial charge < -0.3 is 9.14 Å². The summed E-state index contributed by atoms with van der Waals surface area (Å²) in [6, 6.07) is 7.94. The van der Waals surface area contributed by atoms with Crippen molar-refractivity contribution >= 4 is 5.52 Å². The average molecular weight is 147 g/mol. The first-order valence-corrected chi connectivity index (χ1v) is 3.51. The van der Waals surface area contributed by atoms with Crippen LogP contribution in [0.5, 0.6) is 5.75 Å². The average Bonchev–Trinajstić information content (AvgIpc) is 2.50. The second kappa shape index (κ2) is 2.31. The molecule has 0 saturated carbocycles. The molecule has 11 heavy (non-hydrogen) atoms. The van der Waals surface area contributed by atoms with E-state index in [1.165, 1.54) is 0 Å². The molecule has 56 valence electrons. The minimum absolute atomic E-state index is 0.914. The summed E-state index contributed by atoms with van der Waals surface area (Å²) in [4.78, 5) is 0. The number of aromatic nitrogens is 1. The van der Waals surface area contributed by atoms with Gasteiger partial charge in [0.15, 0.2) is 0 Å². The van der Waals surface area contributed by atoms with Gasteiger partial charge in [-0.1, -0.05) is 0 Å². The van der Waals surface area contributed by atoms with Crippen molar-refractivity contribution in [3.8, 4) is 5.75 Å². The lowest BCUT2D eigenvalue weighted by Crippen LogP contribution is -1.86. The highest BCUT2D eigenvalue weighted by atomic mass is 16.5. The largest absolute Gasteiger partial charge is 0.495 e. The van der Waals surface area contributed by atoms with E-state index in [1.54, 1.807) is 7.11 Å². The van der Waals surface area contributed by atoms with E-state index < -0.39 is 0 Å². The lowest BCUT2D eigenvalue weighted by molar-refractivity contribution is 0.418. The van der Waals surface area contributed by atoms with E-state index in [-0.39, 0.29) is 0 Å². The molecule has 0 aliphatic heterocycles. The zero-order valence-corrected chi connectivity index (χ0v) is 6.32. The summed E-state index contributed by atoms with van der Waals surface area (Å²) < 4.78 is 7.19. The zero-order chi connectivity index (χ0) is 7.68. The molecule has 2 nitrogen and oxygen atoms in total. The monoisotopic (exact) mass is 147 g/mol. The number of rotatable bonds is 1. The fraction of sp³-hybridized carbons (Fsp3) is 0.111. The van der Waals surface area contributed by atoms with E-state index in [4.69, 9.17) is 4.74 Å². The Hall–Kier alpha value is -1.44. The van der Waals surface area contributed by atoms with Crippen molar-refractivity contribution in [1.29, 1.82) is 0 Å². The van der Waals surface area contributed by atoms with E-state index in [2.05, 4.69) is 0 Å². The van der Waals surface area contributed by atoms with Crippen molar-refractivity contribution in [2.45, 2.75) is 0 Å². The summed E-state index contributed by atoms with van der Waals surface area (Å²) in [6.45, 7) is 0. The number of methoxy groups -OCH3 is 1. The van der Waals surface area contributed by atoms with Crippen LogP contribution in [0.15, 0.2) is 36.7 Å². The van der Waals surface area contributed by atoms with Gasteiger partial charge in [0, 0.05) is 12.4 Å². The Kier molecular flexibility index (Phi) is 1.32. The Bertz CT molecular complexity index is 364. The van der Waals surface area contributed by atoms with Gasteiger partial charge in [0.05, 0.1) is 12.6 Å². The third-order valence-corrected chi connectivity index (χ3v) is 1.75. The van der Waals surface area contributed by atoms with Crippen LogP contribution in [-0.2, 0) is 0 Å². The third kappa shape index (κ3) is 0.871. The minimum atomic E-state index is 0.914. The van der Waals surface area contributed by atoms with Crippen LogP contribution in [-0.4, -0.2) is 11.5 Å². The number of hydrogen-bond acceptors (Lipinski definition) is 1. The number of nitrogens with zero attached hydrogens (tertiary/aromatic N) is 1. The number of fused-ring (bicyclic) bond motifs is 1. The Labute approximate surface area is 65.0 Å². The highest BCUT2D eigenvalue weighted by Gasteiger charge is 1.97. The van der Waals surface area contributed by atoms with Gasteiger partial charge in [-0.05, 0) is 24.3 Å². The summed E-state index contributed by atoms with van der Waals surface area (Å²) in [7, 11) is 1.68. The second-order valence-electron chi connectivity index (χ2n) is 2.38. The van der Waals surface area contributed by atoms with Crippen molar-refractivity contribution in [1.82, 2.24) is 4.40 Å². The molecule has 0 spiro atoms. The molecule has 0 aliphatic rings. The van der Waals surface area contributed by atoms with Crippen molar-refractivity contribution in [2.75, 3.05) is 7.11 Å². The Balaban J connectivity index is 2.79. The molecule has 0 atom stereocenters. The zero-order valence-electron chi connectivity index (χ0n) is 6.32. The molecule has 2 aromatic heterocycles. The van der Waals surface area contributed by atoms with Crippen LogP contribution in [0.4, 0.5) is 0 Å². The van der Waals surface area contributed by atoms with Crippen molar-refractivity contribution in [3.63, 3.8) is 0 Å². The summed E-state index contributed by atoms with van der Waals surface area (Å²) in [5.41, 5.74) is 1.11. The molecule has 0 aliphatic carbocycles. The quantitative estimate of drug-likeness (QED) is 0.601. The molecule has 0 N–H and O–H groups in total. The summed E-state index contributed by atoms with van der Waals surface area (Å²) in [6.07, 6.45) is 4.00. The van der Waals surface area contributed by atoms with Gasteiger partial charge in [0.1, 0.15) is 5.75 Å². The van der Waals surface area contributed by atoms with Gasteiger partial charge in [0.25, 0.3) is 0 Å². The molecule has 0 fully saturated rings. The summed E-state index contributed by atoms with van der Waals surface area (Å²) in [5, 5.41) is 0. The molecule has 2 heterocycles. The predicted octanol–water partition coefficient (Wildman–Crippen LogP) is 1.95. The highest BCUT2D eigenvalue weighted by molar-refractivity contribution is 5.59. The molecular formula is C9H9NO. The molecule has 0 saturated heterocycles. The van der Waals surface area contributed by atoms with E-state index in [1.807, 2.05) is 41.1 Å². The molecule has 0 unspecified atom stereocenters. The molecule has 0 radical (unpaired) electrons. The third-order valence-electron chi connectivity index (χ3n) is 1.75. The second-order valence-corrected chi connectivity index (χ2v) is 2.38. The van der Waals surface area contributed by atoms with Crippen molar-refractivity contribution < 1.29 is 4.74 Å². The number of pyridine rings is 1. The van der Waals surface area contributed by atoms with Crippen LogP contribution in [0.2, 0.25) is 0 Å². The topological polar surface area (TPSA) is 13.6 Å². The maximum absolute atomic E-state index is 5.16. The van der Waals surface area contributed by atoms with Crippen LogP contribution in [0.3, 0.4) is 0 Å². The molecular weight excluding hydrogens is 138 g/mol. The van der Waals surface area contributed by atoms with Crippen LogP contribution in [0.25, 0.3) is 5.52 Å². The van der Waals surface area contributed by atoms with Gasteiger partial charge in [-0.3, -0.25) is 0 Å². The van der Waals surface area contributed by atoms with Crippen LogP contribution in [0.1, 0.15) is 0 Å². The van der Waals surface area contributed by atoms with Gasteiger partial charge in [-0.15, -0.1) is 0 Å². The Morgan fingerprint density at radius 3 is 2.64 bits per heavy atom. The SMILES string of the molecule is COc1cccn2cccc12. The first-order chi connectivity index (χ1) is 5.42. The van der Waals surface area contributed by atoms with Crippen molar-refractivity contribution in [3.05, 3.63) is 36.7 Å². The fourth-order valence-electron chi connectivity index (χ4n) is 1.21. The Morgan fingerprint density at radius 1 is 1.18 bits per heavy atom. The van der Waals surface area contributed by atoms with E-state index in [0.29, 0.717) is 0 Å². The van der Waals surface area contributed by atoms with Crippen LogP contribution < -0.4 is 4.74 Å². The smallest absolute Gasteiger partial charge is 0.142 e. The minimum Gasteiger partial charge on any atom is -0.495 e. The maximum Gasteiger partial charge on any atom is 0.142 e. The van der Waals surface area contributed by atoms with E-state index >= 15 is 0 Å². The molecule has 2 rings (SSSR count). The predicted molar refractivity (Wildman–Crippen MR) is 43.9 cm³/mol. The molecule has 2 aromatic rings. The molecule has 0 bridgehead atoms. The molecule has 0 amide bonds. The van der Waals surface area contributed by atoms with Gasteiger partial charge in [-0.25, -0.2) is 0 Å². The van der Waals surface area contributed by atoms with Gasteiger partial charge in [-0.2, -0.15) is 0 Å². The maximum atomic E-state index is 5.16. The van der Waals surface area contributed by atoms with E-state index in [9.17, 15) is 0 Å². The van der Waals surface area contributed by atoms with Gasteiger partial charge in [0.2, 0.25) is 0 Å². The molecule has 0 aromatic carbocycles. The Morgan fingerprint density at radius 2 is 1.91 bits per heavy atom. The normalized spacial score (nSPS) is 10.3. The summed E-state index contributed by atoms with van der Waals surface area (Å²) >= 11 is 0. The van der Waals surface area contributed by atoms with Gasteiger partial charge >= 0.3 is 0 Å². The lowest BCUT2D eigenvalue weighted by atomic mass is 10.4. The summed E-state index contributed by atoms with van der Waals surface area (Å²) in [5.74, 6) is 0.914. The first-order valence-electron chi connectivity index (χ1n) is 3.51. The standard InChI is InChI=1S/C9H9NO/c1-11-9-5-3-7-10-6-2-4-8(9)10/h2-7H,1H3. The number of ether oxygens (including phenoxy) is 1. The fourth-order valence-corrected chi connectivity index (χ4v) is 1.21. The van der Waals surface area contributed by atoms with Crippen LogP contribution >= 0.6 is 0 Å². The molecule has 2 heteroatoms.